The third-order valence-corrected chi connectivity index (χ3v) is 3.51. The second-order valence-electron chi connectivity index (χ2n) is 4.77. The molecule has 108 valence electrons. The van der Waals surface area contributed by atoms with E-state index in [0.29, 0.717) is 5.56 Å². The van der Waals surface area contributed by atoms with Crippen LogP contribution in [0.5, 0.6) is 0 Å². The molecule has 1 aromatic carbocycles. The molecule has 1 aliphatic heterocycles. The molecule has 1 saturated heterocycles. The van der Waals surface area contributed by atoms with Gasteiger partial charge in [0.2, 0.25) is 0 Å². The predicted octanol–water partition coefficient (Wildman–Crippen LogP) is 2.12. The highest BCUT2D eigenvalue weighted by molar-refractivity contribution is 5.94. The van der Waals surface area contributed by atoms with E-state index >= 15 is 0 Å². The van der Waals surface area contributed by atoms with E-state index in [4.69, 9.17) is 9.84 Å². The van der Waals surface area contributed by atoms with Crippen LogP contribution in [-0.2, 0) is 11.3 Å². The Morgan fingerprint density at radius 3 is 2.80 bits per heavy atom. The maximum Gasteiger partial charge on any atom is 0.335 e. The number of nitrogens with one attached hydrogen (secondary N) is 1. The van der Waals surface area contributed by atoms with Gasteiger partial charge in [-0.15, -0.1) is 12.4 Å². The molecule has 0 unspecified atom stereocenters. The zero-order chi connectivity index (χ0) is 13.2. The number of H-pyrrole nitrogens is 1. The second kappa shape index (κ2) is 6.26. The van der Waals surface area contributed by atoms with Gasteiger partial charge in [0, 0.05) is 36.7 Å². The number of ether oxygens (including phenoxy) is 1. The molecular weight excluding hydrogens is 280 g/mol. The first kappa shape index (κ1) is 14.8. The Hall–Kier alpha value is -1.56. The molecule has 0 aliphatic carbocycles. The van der Waals surface area contributed by atoms with Crippen molar-refractivity contribution in [2.75, 3.05) is 26.3 Å². The summed E-state index contributed by atoms with van der Waals surface area (Å²) < 4.78 is 5.33. The van der Waals surface area contributed by atoms with Gasteiger partial charge in [0.05, 0.1) is 18.8 Å². The minimum absolute atomic E-state index is 0. The van der Waals surface area contributed by atoms with Crippen molar-refractivity contribution < 1.29 is 14.6 Å². The minimum atomic E-state index is -0.888. The summed E-state index contributed by atoms with van der Waals surface area (Å²) in [6.45, 7) is 4.20. The minimum Gasteiger partial charge on any atom is -0.478 e. The van der Waals surface area contributed by atoms with Crippen LogP contribution >= 0.6 is 12.4 Å². The van der Waals surface area contributed by atoms with Gasteiger partial charge < -0.3 is 14.8 Å². The van der Waals surface area contributed by atoms with Crippen LogP contribution in [0, 0.1) is 0 Å². The van der Waals surface area contributed by atoms with Crippen molar-refractivity contribution in [2.45, 2.75) is 6.54 Å². The summed E-state index contributed by atoms with van der Waals surface area (Å²) in [6, 6.07) is 5.19. The monoisotopic (exact) mass is 296 g/mol. The molecule has 2 N–H and O–H groups in total. The van der Waals surface area contributed by atoms with E-state index < -0.39 is 5.97 Å². The van der Waals surface area contributed by atoms with Crippen LogP contribution in [0.4, 0.5) is 0 Å². The number of aromatic nitrogens is 1. The quantitative estimate of drug-likeness (QED) is 0.910. The van der Waals surface area contributed by atoms with Gasteiger partial charge in [0.25, 0.3) is 0 Å². The van der Waals surface area contributed by atoms with Crippen molar-refractivity contribution in [3.8, 4) is 0 Å². The number of rotatable bonds is 3. The molecule has 20 heavy (non-hydrogen) atoms. The van der Waals surface area contributed by atoms with Gasteiger partial charge in [-0.2, -0.15) is 0 Å². The van der Waals surface area contributed by atoms with Crippen molar-refractivity contribution in [3.05, 3.63) is 35.5 Å². The van der Waals surface area contributed by atoms with Gasteiger partial charge in [-0.1, -0.05) is 0 Å². The third kappa shape index (κ3) is 2.95. The van der Waals surface area contributed by atoms with Crippen LogP contribution in [0.15, 0.2) is 24.4 Å². The van der Waals surface area contributed by atoms with E-state index in [9.17, 15) is 4.79 Å². The number of aromatic amines is 1. The lowest BCUT2D eigenvalue weighted by atomic mass is 10.1. The highest BCUT2D eigenvalue weighted by atomic mass is 35.5. The number of morpholine rings is 1. The Morgan fingerprint density at radius 2 is 2.10 bits per heavy atom. The molecule has 6 heteroatoms. The van der Waals surface area contributed by atoms with E-state index in [1.165, 1.54) is 0 Å². The molecule has 2 aromatic rings. The molecule has 1 fully saturated rings. The molecule has 1 aliphatic rings. The molecule has 5 nitrogen and oxygen atoms in total. The Morgan fingerprint density at radius 1 is 1.35 bits per heavy atom. The lowest BCUT2D eigenvalue weighted by molar-refractivity contribution is 0.0343. The smallest absolute Gasteiger partial charge is 0.335 e. The summed E-state index contributed by atoms with van der Waals surface area (Å²) in [6.07, 6.45) is 1.96. The summed E-state index contributed by atoms with van der Waals surface area (Å²) in [4.78, 5) is 16.5. The Labute approximate surface area is 122 Å². The fraction of sp³-hybridized carbons (Fsp3) is 0.357. The first-order valence-corrected chi connectivity index (χ1v) is 6.37. The van der Waals surface area contributed by atoms with E-state index in [1.54, 1.807) is 12.1 Å². The van der Waals surface area contributed by atoms with Crippen LogP contribution in [0.3, 0.4) is 0 Å². The molecular formula is C14H17ClN2O3. The van der Waals surface area contributed by atoms with E-state index in [-0.39, 0.29) is 12.4 Å². The van der Waals surface area contributed by atoms with E-state index in [2.05, 4.69) is 9.88 Å². The van der Waals surface area contributed by atoms with Gasteiger partial charge >= 0.3 is 5.97 Å². The fourth-order valence-corrected chi connectivity index (χ4v) is 2.44. The highest BCUT2D eigenvalue weighted by Crippen LogP contribution is 2.21. The largest absolute Gasteiger partial charge is 0.478 e. The molecule has 0 spiro atoms. The molecule has 0 radical (unpaired) electrons. The average molecular weight is 297 g/mol. The summed E-state index contributed by atoms with van der Waals surface area (Å²) in [5.74, 6) is -0.888. The van der Waals surface area contributed by atoms with Crippen molar-refractivity contribution in [1.82, 2.24) is 9.88 Å². The lowest BCUT2D eigenvalue weighted by Gasteiger charge is -2.26. The van der Waals surface area contributed by atoms with Gasteiger partial charge in [-0.25, -0.2) is 4.79 Å². The van der Waals surface area contributed by atoms with Crippen molar-refractivity contribution in [2.24, 2.45) is 0 Å². The molecule has 0 saturated carbocycles. The summed E-state index contributed by atoms with van der Waals surface area (Å²) in [7, 11) is 0. The standard InChI is InChI=1S/C14H16N2O3.ClH/c17-14(18)10-1-2-13-12(7-10)11(8-15-13)9-16-3-5-19-6-4-16;/h1-2,7-8,15H,3-6,9H2,(H,17,18);1H. The van der Waals surface area contributed by atoms with Crippen molar-refractivity contribution >= 4 is 29.3 Å². The van der Waals surface area contributed by atoms with E-state index in [0.717, 1.165) is 49.3 Å². The molecule has 3 rings (SSSR count). The Bertz CT molecular complexity index is 605. The first-order chi connectivity index (χ1) is 9.24. The van der Waals surface area contributed by atoms with Gasteiger partial charge in [0.15, 0.2) is 0 Å². The summed E-state index contributed by atoms with van der Waals surface area (Å²) in [5.41, 5.74) is 2.45. The molecule has 0 amide bonds. The van der Waals surface area contributed by atoms with Crippen molar-refractivity contribution in [3.63, 3.8) is 0 Å². The normalized spacial score (nSPS) is 16.0. The van der Waals surface area contributed by atoms with Crippen molar-refractivity contribution in [1.29, 1.82) is 0 Å². The lowest BCUT2D eigenvalue weighted by Crippen LogP contribution is -2.35. The molecule has 0 bridgehead atoms. The predicted molar refractivity (Wildman–Crippen MR) is 78.6 cm³/mol. The Kier molecular flexibility index (Phi) is 4.65. The zero-order valence-corrected chi connectivity index (χ0v) is 11.8. The number of carboxylic acid groups (broad SMARTS) is 1. The van der Waals surface area contributed by atoms with Crippen LogP contribution in [0.25, 0.3) is 10.9 Å². The Balaban J connectivity index is 0.00000147. The number of carbonyl (C=O) groups is 1. The molecule has 2 heterocycles. The summed E-state index contributed by atoms with van der Waals surface area (Å²) >= 11 is 0. The number of nitrogens with zero attached hydrogens (tertiary/aromatic N) is 1. The highest BCUT2D eigenvalue weighted by Gasteiger charge is 2.14. The fourth-order valence-electron chi connectivity index (χ4n) is 2.44. The molecule has 1 aromatic heterocycles. The van der Waals surface area contributed by atoms with E-state index in [1.807, 2.05) is 12.3 Å². The number of halogens is 1. The average Bonchev–Trinajstić information content (AvgIpc) is 2.82. The first-order valence-electron chi connectivity index (χ1n) is 6.37. The van der Waals surface area contributed by atoms with Gasteiger partial charge in [-0.05, 0) is 23.8 Å². The maximum absolute atomic E-state index is 11.0. The van der Waals surface area contributed by atoms with Crippen LogP contribution in [0.1, 0.15) is 15.9 Å². The van der Waals surface area contributed by atoms with Gasteiger partial charge in [0.1, 0.15) is 0 Å². The third-order valence-electron chi connectivity index (χ3n) is 3.51. The van der Waals surface area contributed by atoms with Crippen LogP contribution in [0.2, 0.25) is 0 Å². The van der Waals surface area contributed by atoms with Gasteiger partial charge in [-0.3, -0.25) is 4.90 Å². The number of fused-ring (bicyclic) bond motifs is 1. The maximum atomic E-state index is 11.0. The number of hydrogen-bond donors (Lipinski definition) is 2. The van der Waals surface area contributed by atoms with Crippen LogP contribution in [-0.4, -0.2) is 47.3 Å². The zero-order valence-electron chi connectivity index (χ0n) is 11.0. The summed E-state index contributed by atoms with van der Waals surface area (Å²) in [5, 5.41) is 10.0. The topological polar surface area (TPSA) is 65.6 Å². The SMILES string of the molecule is Cl.O=C(O)c1ccc2[nH]cc(CN3CCOCC3)c2c1. The number of aromatic carboxylic acids is 1. The second-order valence-corrected chi connectivity index (χ2v) is 4.77. The number of benzene rings is 1. The number of hydrogen-bond acceptors (Lipinski definition) is 3. The van der Waals surface area contributed by atoms with Crippen LogP contribution < -0.4 is 0 Å². The number of carboxylic acids is 1. The molecule has 0 atom stereocenters.